The van der Waals surface area contributed by atoms with Crippen LogP contribution in [-0.4, -0.2) is 46.7 Å². The molecule has 0 aromatic carbocycles. The van der Waals surface area contributed by atoms with Gasteiger partial charge in [0, 0.05) is 26.7 Å². The maximum Gasteiger partial charge on any atom is 0.341 e. The van der Waals surface area contributed by atoms with Crippen LogP contribution < -0.4 is 4.90 Å². The van der Waals surface area contributed by atoms with E-state index in [0.717, 1.165) is 32.5 Å². The van der Waals surface area contributed by atoms with Crippen molar-refractivity contribution >= 4 is 11.8 Å². The zero-order chi connectivity index (χ0) is 14.0. The molecule has 0 amide bonds. The third-order valence-electron chi connectivity index (χ3n) is 3.55. The summed E-state index contributed by atoms with van der Waals surface area (Å²) in [4.78, 5) is 13.5. The Balaban J connectivity index is 2.17. The molecule has 1 N–H and O–H groups in total. The van der Waals surface area contributed by atoms with Crippen LogP contribution in [0.4, 0.5) is 5.82 Å². The Morgan fingerprint density at radius 1 is 1.47 bits per heavy atom. The van der Waals surface area contributed by atoms with Crippen LogP contribution in [-0.2, 0) is 11.8 Å². The van der Waals surface area contributed by atoms with Crippen molar-refractivity contribution < 1.29 is 14.6 Å². The number of aromatic carboxylic acids is 1. The van der Waals surface area contributed by atoms with E-state index in [2.05, 4.69) is 10.00 Å². The Morgan fingerprint density at radius 2 is 2.11 bits per heavy atom. The summed E-state index contributed by atoms with van der Waals surface area (Å²) in [6, 6.07) is 0. The monoisotopic (exact) mass is 267 g/mol. The Bertz CT molecular complexity index is 462. The molecule has 0 unspecified atom stereocenters. The molecule has 2 rings (SSSR count). The molecule has 1 aliphatic heterocycles. The number of nitrogens with zero attached hydrogens (tertiary/aromatic N) is 3. The van der Waals surface area contributed by atoms with Gasteiger partial charge in [-0.05, 0) is 26.7 Å². The molecule has 0 atom stereocenters. The zero-order valence-electron chi connectivity index (χ0n) is 11.7. The maximum absolute atomic E-state index is 11.4. The first-order valence-electron chi connectivity index (χ1n) is 6.68. The predicted molar refractivity (Wildman–Crippen MR) is 71.8 cm³/mol. The highest BCUT2D eigenvalue weighted by atomic mass is 16.5. The van der Waals surface area contributed by atoms with E-state index >= 15 is 0 Å². The fourth-order valence-corrected chi connectivity index (χ4v) is 2.73. The highest BCUT2D eigenvalue weighted by Gasteiger charge is 2.27. The number of aromatic nitrogens is 2. The van der Waals surface area contributed by atoms with Crippen molar-refractivity contribution in [1.82, 2.24) is 9.78 Å². The Kier molecular flexibility index (Phi) is 4.09. The van der Waals surface area contributed by atoms with Gasteiger partial charge in [0.2, 0.25) is 0 Å². The second-order valence-electron chi connectivity index (χ2n) is 4.85. The number of aryl methyl sites for hydroxylation is 2. The number of hydrogen-bond acceptors (Lipinski definition) is 4. The summed E-state index contributed by atoms with van der Waals surface area (Å²) in [5.74, 6) is -0.201. The number of carboxylic acid groups (broad SMARTS) is 1. The van der Waals surface area contributed by atoms with Gasteiger partial charge in [-0.2, -0.15) is 5.10 Å². The summed E-state index contributed by atoms with van der Waals surface area (Å²) in [6.07, 6.45) is 2.15. The molecule has 106 valence electrons. The van der Waals surface area contributed by atoms with Crippen LogP contribution in [0.3, 0.4) is 0 Å². The maximum atomic E-state index is 11.4. The normalized spacial score (nSPS) is 16.9. The number of piperidine rings is 1. The molecule has 0 saturated carbocycles. The lowest BCUT2D eigenvalue weighted by molar-refractivity contribution is 0.0457. The van der Waals surface area contributed by atoms with Crippen LogP contribution in [0, 0.1) is 6.92 Å². The molecule has 0 spiro atoms. The first-order valence-corrected chi connectivity index (χ1v) is 6.68. The van der Waals surface area contributed by atoms with E-state index in [1.54, 1.807) is 18.7 Å². The minimum atomic E-state index is -0.910. The number of carbonyl (C=O) groups is 1. The number of ether oxygens (including phenoxy) is 1. The van der Waals surface area contributed by atoms with Crippen molar-refractivity contribution in [3.8, 4) is 0 Å². The van der Waals surface area contributed by atoms with Crippen LogP contribution in [0.1, 0.15) is 35.8 Å². The van der Waals surface area contributed by atoms with Gasteiger partial charge in [-0.25, -0.2) is 4.79 Å². The molecule has 1 aromatic rings. The Labute approximate surface area is 113 Å². The molecule has 1 aromatic heterocycles. The van der Waals surface area contributed by atoms with Gasteiger partial charge in [0.1, 0.15) is 11.4 Å². The average molecular weight is 267 g/mol. The summed E-state index contributed by atoms with van der Waals surface area (Å²) >= 11 is 0. The van der Waals surface area contributed by atoms with Crippen molar-refractivity contribution in [2.45, 2.75) is 32.8 Å². The van der Waals surface area contributed by atoms with Crippen LogP contribution in [0.15, 0.2) is 0 Å². The van der Waals surface area contributed by atoms with Crippen molar-refractivity contribution in [3.63, 3.8) is 0 Å². The van der Waals surface area contributed by atoms with Gasteiger partial charge >= 0.3 is 5.97 Å². The minimum Gasteiger partial charge on any atom is -0.477 e. The van der Waals surface area contributed by atoms with Crippen LogP contribution in [0.5, 0.6) is 0 Å². The predicted octanol–water partition coefficient (Wildman–Crippen LogP) is 1.43. The first-order chi connectivity index (χ1) is 9.04. The SMILES string of the molecule is CCOC1CCN(c2c(C(=O)O)c(C)nn2C)CC1. The second-order valence-corrected chi connectivity index (χ2v) is 4.85. The fourth-order valence-electron chi connectivity index (χ4n) is 2.73. The molecule has 2 heterocycles. The summed E-state index contributed by atoms with van der Waals surface area (Å²) in [5, 5.41) is 13.5. The largest absolute Gasteiger partial charge is 0.477 e. The molecular formula is C13H21N3O3. The average Bonchev–Trinajstić information content (AvgIpc) is 2.66. The zero-order valence-corrected chi connectivity index (χ0v) is 11.7. The van der Waals surface area contributed by atoms with Gasteiger partial charge in [-0.1, -0.05) is 0 Å². The van der Waals surface area contributed by atoms with E-state index < -0.39 is 5.97 Å². The number of carboxylic acids is 1. The molecule has 6 nitrogen and oxygen atoms in total. The standard InChI is InChI=1S/C13H21N3O3/c1-4-19-10-5-7-16(8-6-10)12-11(13(17)18)9(2)14-15(12)3/h10H,4-8H2,1-3H3,(H,17,18). The highest BCUT2D eigenvalue weighted by Crippen LogP contribution is 2.26. The molecule has 1 aliphatic rings. The van der Waals surface area contributed by atoms with Gasteiger partial charge in [-0.15, -0.1) is 0 Å². The van der Waals surface area contributed by atoms with Gasteiger partial charge in [0.15, 0.2) is 0 Å². The number of rotatable bonds is 4. The molecule has 0 aliphatic carbocycles. The smallest absolute Gasteiger partial charge is 0.341 e. The number of hydrogen-bond donors (Lipinski definition) is 1. The molecule has 6 heteroatoms. The molecule has 19 heavy (non-hydrogen) atoms. The van der Waals surface area contributed by atoms with E-state index in [-0.39, 0.29) is 0 Å². The van der Waals surface area contributed by atoms with E-state index in [0.29, 0.717) is 23.2 Å². The van der Waals surface area contributed by atoms with Gasteiger partial charge in [0.25, 0.3) is 0 Å². The van der Waals surface area contributed by atoms with E-state index in [1.165, 1.54) is 0 Å². The quantitative estimate of drug-likeness (QED) is 0.894. The summed E-state index contributed by atoms with van der Waals surface area (Å²) in [6.45, 7) is 6.09. The summed E-state index contributed by atoms with van der Waals surface area (Å²) < 4.78 is 7.28. The second kappa shape index (κ2) is 5.61. The van der Waals surface area contributed by atoms with Crippen molar-refractivity contribution in [2.75, 3.05) is 24.6 Å². The van der Waals surface area contributed by atoms with Crippen molar-refractivity contribution in [2.24, 2.45) is 7.05 Å². The van der Waals surface area contributed by atoms with Gasteiger partial charge in [0.05, 0.1) is 11.8 Å². The van der Waals surface area contributed by atoms with E-state index in [4.69, 9.17) is 4.74 Å². The lowest BCUT2D eigenvalue weighted by atomic mass is 10.1. The van der Waals surface area contributed by atoms with Crippen LogP contribution >= 0.6 is 0 Å². The Morgan fingerprint density at radius 3 is 2.63 bits per heavy atom. The lowest BCUT2D eigenvalue weighted by Gasteiger charge is -2.33. The van der Waals surface area contributed by atoms with E-state index in [9.17, 15) is 9.90 Å². The Hall–Kier alpha value is -1.56. The lowest BCUT2D eigenvalue weighted by Crippen LogP contribution is -2.38. The van der Waals surface area contributed by atoms with Crippen molar-refractivity contribution in [3.05, 3.63) is 11.3 Å². The third-order valence-corrected chi connectivity index (χ3v) is 3.55. The van der Waals surface area contributed by atoms with Gasteiger partial charge < -0.3 is 14.7 Å². The molecule has 0 bridgehead atoms. The fraction of sp³-hybridized carbons (Fsp3) is 0.692. The highest BCUT2D eigenvalue weighted by molar-refractivity contribution is 5.94. The van der Waals surface area contributed by atoms with E-state index in [1.807, 2.05) is 6.92 Å². The molecular weight excluding hydrogens is 246 g/mol. The first kappa shape index (κ1) is 13.9. The topological polar surface area (TPSA) is 67.6 Å². The van der Waals surface area contributed by atoms with Crippen LogP contribution in [0.25, 0.3) is 0 Å². The number of anilines is 1. The van der Waals surface area contributed by atoms with Crippen molar-refractivity contribution in [1.29, 1.82) is 0 Å². The van der Waals surface area contributed by atoms with Gasteiger partial charge in [-0.3, -0.25) is 4.68 Å². The van der Waals surface area contributed by atoms with Crippen LogP contribution in [0.2, 0.25) is 0 Å². The molecule has 0 radical (unpaired) electrons. The summed E-state index contributed by atoms with van der Waals surface area (Å²) in [5.41, 5.74) is 0.884. The third kappa shape index (κ3) is 2.73. The molecule has 1 saturated heterocycles. The summed E-state index contributed by atoms with van der Waals surface area (Å²) in [7, 11) is 1.80. The molecule has 1 fully saturated rings. The minimum absolute atomic E-state index is 0.295.